The minimum atomic E-state index is -4.03. The molecule has 0 unspecified atom stereocenters. The predicted octanol–water partition coefficient (Wildman–Crippen LogP) is 5.54. The first-order valence-electron chi connectivity index (χ1n) is 13.6. The predicted molar refractivity (Wildman–Crippen MR) is 159 cm³/mol. The Labute approximate surface area is 250 Å². The van der Waals surface area contributed by atoms with Crippen LogP contribution in [0.4, 0.5) is 0 Å². The van der Waals surface area contributed by atoms with E-state index in [4.69, 9.17) is 32.5 Å². The van der Waals surface area contributed by atoms with Crippen molar-refractivity contribution in [3.8, 4) is 5.75 Å². The van der Waals surface area contributed by atoms with Gasteiger partial charge in [-0.25, -0.2) is 13.1 Å². The summed E-state index contributed by atoms with van der Waals surface area (Å²) < 4.78 is 38.5. The van der Waals surface area contributed by atoms with Crippen LogP contribution in [0.1, 0.15) is 41.5 Å². The van der Waals surface area contributed by atoms with Gasteiger partial charge in [-0.05, 0) is 91.6 Å². The molecule has 0 saturated carbocycles. The maximum Gasteiger partial charge on any atom is 0.269 e. The molecule has 0 spiro atoms. The molecule has 2 aliphatic rings. The van der Waals surface area contributed by atoms with E-state index >= 15 is 0 Å². The minimum Gasteiger partial charge on any atom is -0.493 e. The second-order valence-corrected chi connectivity index (χ2v) is 13.4. The maximum absolute atomic E-state index is 12.6. The first kappa shape index (κ1) is 29.6. The van der Waals surface area contributed by atoms with Crippen molar-refractivity contribution >= 4 is 44.2 Å². The number of rotatable bonds is 10. The number of carbonyl (C=O) groups is 1. The van der Waals surface area contributed by atoms with E-state index in [1.165, 1.54) is 19.4 Å². The van der Waals surface area contributed by atoms with Gasteiger partial charge in [-0.15, -0.1) is 0 Å². The van der Waals surface area contributed by atoms with Gasteiger partial charge < -0.3 is 9.26 Å². The summed E-state index contributed by atoms with van der Waals surface area (Å²) in [6, 6.07) is 14.0. The van der Waals surface area contributed by atoms with Crippen molar-refractivity contribution in [1.82, 2.24) is 14.8 Å². The number of carbonyl (C=O) groups excluding carboxylic acids is 1. The molecule has 1 atom stereocenters. The number of aryl methyl sites for hydroxylation is 3. The molecule has 1 amide bonds. The van der Waals surface area contributed by atoms with E-state index in [9.17, 15) is 13.2 Å². The topological polar surface area (TPSA) is 102 Å². The molecule has 1 fully saturated rings. The summed E-state index contributed by atoms with van der Waals surface area (Å²) in [5.41, 5.74) is 4.74. The van der Waals surface area contributed by atoms with Crippen LogP contribution in [0.15, 0.2) is 57.5 Å². The number of ether oxygens (including phenoxy) is 1. The van der Waals surface area contributed by atoms with Crippen molar-refractivity contribution in [2.24, 2.45) is 11.8 Å². The smallest absolute Gasteiger partial charge is 0.269 e. The van der Waals surface area contributed by atoms with E-state index in [1.54, 1.807) is 0 Å². The standard InChI is InChI=1S/C30H33Cl2N3O5S/c1-18(12-21-4-8-25(31)9-5-21)17-39-26-10-11-27-22(13-26)6-7-23(28(27)32)14-35-15-24(16-35)30(36)34-41(37,38)29-19(2)33-40-20(29)3/h4-5,8-11,13,18,24H,6-7,12,14-17H2,1-3H3,(H,34,36)/t18-/m0/s1. The maximum atomic E-state index is 12.6. The van der Waals surface area contributed by atoms with Gasteiger partial charge >= 0.3 is 0 Å². The number of benzene rings is 2. The molecule has 3 aromatic rings. The molecule has 1 saturated heterocycles. The van der Waals surface area contributed by atoms with Crippen molar-refractivity contribution in [2.45, 2.75) is 44.9 Å². The van der Waals surface area contributed by atoms with E-state index in [-0.39, 0.29) is 16.3 Å². The average Bonchev–Trinajstić information content (AvgIpc) is 3.25. The fraction of sp³-hybridized carbons (Fsp3) is 0.400. The lowest BCUT2D eigenvalue weighted by Gasteiger charge is -2.39. The van der Waals surface area contributed by atoms with Crippen molar-refractivity contribution in [1.29, 1.82) is 0 Å². The molecular weight excluding hydrogens is 585 g/mol. The molecule has 11 heteroatoms. The van der Waals surface area contributed by atoms with Gasteiger partial charge in [0.2, 0.25) is 5.91 Å². The van der Waals surface area contributed by atoms with E-state index < -0.39 is 21.8 Å². The molecule has 1 aliphatic heterocycles. The number of amides is 1. The summed E-state index contributed by atoms with van der Waals surface area (Å²) in [5, 5.41) is 5.14. The molecule has 41 heavy (non-hydrogen) atoms. The molecule has 2 heterocycles. The number of sulfonamides is 1. The van der Waals surface area contributed by atoms with Crippen LogP contribution in [0.25, 0.3) is 5.03 Å². The SMILES string of the molecule is Cc1noc(C)c1S(=O)(=O)NC(=O)C1CN(CC2=C(Cl)c3ccc(OC[C@@H](C)Cc4ccc(Cl)cc4)cc3CC2)C1. The Morgan fingerprint density at radius 1 is 1.15 bits per heavy atom. The molecule has 0 bridgehead atoms. The van der Waals surface area contributed by atoms with E-state index in [2.05, 4.69) is 27.8 Å². The van der Waals surface area contributed by atoms with Crippen LogP contribution in [0.5, 0.6) is 5.75 Å². The fourth-order valence-corrected chi connectivity index (χ4v) is 7.24. The molecule has 1 aromatic heterocycles. The Morgan fingerprint density at radius 3 is 2.56 bits per heavy atom. The number of hydrogen-bond donors (Lipinski definition) is 1. The van der Waals surface area contributed by atoms with Gasteiger partial charge in [-0.2, -0.15) is 0 Å². The zero-order valence-electron chi connectivity index (χ0n) is 23.2. The number of likely N-dealkylation sites (tertiary alicyclic amines) is 1. The molecule has 218 valence electrons. The van der Waals surface area contributed by atoms with Crippen LogP contribution < -0.4 is 9.46 Å². The molecule has 1 N–H and O–H groups in total. The summed E-state index contributed by atoms with van der Waals surface area (Å²) in [4.78, 5) is 14.7. The van der Waals surface area contributed by atoms with Gasteiger partial charge in [-0.1, -0.05) is 47.4 Å². The van der Waals surface area contributed by atoms with E-state index in [0.29, 0.717) is 32.2 Å². The van der Waals surface area contributed by atoms with Gasteiger partial charge in [0, 0.05) is 29.7 Å². The van der Waals surface area contributed by atoms with Gasteiger partial charge in [0.1, 0.15) is 11.4 Å². The number of fused-ring (bicyclic) bond motifs is 1. The summed E-state index contributed by atoms with van der Waals surface area (Å²) >= 11 is 12.8. The molecule has 0 radical (unpaired) electrons. The van der Waals surface area contributed by atoms with Crippen LogP contribution in [-0.2, 0) is 27.7 Å². The summed E-state index contributed by atoms with van der Waals surface area (Å²) in [7, 11) is -4.03. The summed E-state index contributed by atoms with van der Waals surface area (Å²) in [6.07, 6.45) is 2.58. The highest BCUT2D eigenvalue weighted by atomic mass is 35.5. The number of hydrogen-bond acceptors (Lipinski definition) is 7. The van der Waals surface area contributed by atoms with Crippen molar-refractivity contribution < 1.29 is 22.5 Å². The molecule has 5 rings (SSSR count). The monoisotopic (exact) mass is 617 g/mol. The van der Waals surface area contributed by atoms with Crippen molar-refractivity contribution in [2.75, 3.05) is 26.2 Å². The molecule has 1 aliphatic carbocycles. The second kappa shape index (κ2) is 12.2. The Bertz CT molecular complexity index is 1560. The first-order chi connectivity index (χ1) is 19.5. The molecular formula is C30H33Cl2N3O5S. The summed E-state index contributed by atoms with van der Waals surface area (Å²) in [6.45, 7) is 7.37. The highest BCUT2D eigenvalue weighted by Gasteiger charge is 2.37. The number of aromatic nitrogens is 1. The lowest BCUT2D eigenvalue weighted by Crippen LogP contribution is -2.54. The first-order valence-corrected chi connectivity index (χ1v) is 15.8. The van der Waals surface area contributed by atoms with Crippen molar-refractivity contribution in [3.63, 3.8) is 0 Å². The Balaban J connectivity index is 1.13. The van der Waals surface area contributed by atoms with Gasteiger partial charge in [0.15, 0.2) is 10.7 Å². The average molecular weight is 619 g/mol. The van der Waals surface area contributed by atoms with Gasteiger partial charge in [0.05, 0.1) is 12.5 Å². The third-order valence-corrected chi connectivity index (χ3v) is 9.88. The number of halogens is 2. The largest absolute Gasteiger partial charge is 0.493 e. The highest BCUT2D eigenvalue weighted by Crippen LogP contribution is 2.37. The third-order valence-electron chi connectivity index (χ3n) is 7.57. The van der Waals surface area contributed by atoms with E-state index in [0.717, 1.165) is 51.8 Å². The molecule has 8 nitrogen and oxygen atoms in total. The van der Waals surface area contributed by atoms with E-state index in [1.807, 2.05) is 36.4 Å². The zero-order valence-corrected chi connectivity index (χ0v) is 25.6. The van der Waals surface area contributed by atoms with Crippen molar-refractivity contribution in [3.05, 3.63) is 81.2 Å². The Kier molecular flexibility index (Phi) is 8.80. The Morgan fingerprint density at radius 2 is 1.88 bits per heavy atom. The van der Waals surface area contributed by atoms with Gasteiger partial charge in [-0.3, -0.25) is 9.69 Å². The number of nitrogens with one attached hydrogen (secondary N) is 1. The lowest BCUT2D eigenvalue weighted by molar-refractivity contribution is -0.128. The lowest BCUT2D eigenvalue weighted by atomic mass is 9.90. The second-order valence-electron chi connectivity index (χ2n) is 11.0. The summed E-state index contributed by atoms with van der Waals surface area (Å²) in [5.74, 6) is 0.399. The van der Waals surface area contributed by atoms with Crippen LogP contribution in [0.3, 0.4) is 0 Å². The van der Waals surface area contributed by atoms with Gasteiger partial charge in [0.25, 0.3) is 10.0 Å². The van der Waals surface area contributed by atoms with Crippen LogP contribution in [0, 0.1) is 25.7 Å². The fourth-order valence-electron chi connectivity index (χ4n) is 5.40. The van der Waals surface area contributed by atoms with Crippen LogP contribution >= 0.6 is 23.2 Å². The molecule has 2 aromatic carbocycles. The van der Waals surface area contributed by atoms with Crippen LogP contribution in [-0.4, -0.2) is 50.6 Å². The number of nitrogens with zero attached hydrogens (tertiary/aromatic N) is 2. The normalized spacial score (nSPS) is 16.7. The highest BCUT2D eigenvalue weighted by molar-refractivity contribution is 7.90. The minimum absolute atomic E-state index is 0.0826. The zero-order chi connectivity index (χ0) is 29.3. The quantitative estimate of drug-likeness (QED) is 0.319. The van der Waals surface area contributed by atoms with Crippen LogP contribution in [0.2, 0.25) is 5.02 Å². The third kappa shape index (κ3) is 6.80. The Hall–Kier alpha value is -2.85.